The Morgan fingerprint density at radius 1 is 1.06 bits per heavy atom. The van der Waals surface area contributed by atoms with E-state index in [9.17, 15) is 9.90 Å². The molecule has 3 aromatic rings. The van der Waals surface area contributed by atoms with Crippen molar-refractivity contribution in [3.05, 3.63) is 78.0 Å². The Bertz CT molecular complexity index is 1000. The van der Waals surface area contributed by atoms with Crippen molar-refractivity contribution >= 4 is 6.09 Å². The predicted molar refractivity (Wildman–Crippen MR) is 115 cm³/mol. The van der Waals surface area contributed by atoms with Crippen LogP contribution in [0, 0.1) is 0 Å². The van der Waals surface area contributed by atoms with E-state index in [4.69, 9.17) is 9.26 Å². The zero-order chi connectivity index (χ0) is 21.3. The molecule has 2 aliphatic heterocycles. The Kier molecular flexibility index (Phi) is 5.24. The number of piperidine rings is 2. The number of fused-ring (bicyclic) bond motifs is 2. The van der Waals surface area contributed by atoms with Crippen molar-refractivity contribution in [2.24, 2.45) is 0 Å². The smallest absolute Gasteiger partial charge is 0.410 e. The van der Waals surface area contributed by atoms with Crippen molar-refractivity contribution in [3.63, 3.8) is 0 Å². The fourth-order valence-electron chi connectivity index (χ4n) is 5.07. The molecule has 6 nitrogen and oxygen atoms in total. The highest BCUT2D eigenvalue weighted by atomic mass is 16.6. The molecule has 3 heterocycles. The van der Waals surface area contributed by atoms with Gasteiger partial charge in [-0.25, -0.2) is 4.79 Å². The van der Waals surface area contributed by atoms with Crippen LogP contribution >= 0.6 is 0 Å². The molecule has 2 aromatic carbocycles. The standard InChI is InChI=1S/C25H26N2O4/c28-24(30-17-18-5-2-1-3-6-18)27-21-7-4-8-22(27)16-25(29,15-21)20-11-9-19(10-12-20)23-13-14-26-31-23/h1-3,5-6,9-14,21-22,29H,4,7-8,15-17H2. The minimum Gasteiger partial charge on any atom is -0.445 e. The predicted octanol–water partition coefficient (Wildman–Crippen LogP) is 4.88. The van der Waals surface area contributed by atoms with Gasteiger partial charge in [0.25, 0.3) is 0 Å². The number of hydrogen-bond donors (Lipinski definition) is 1. The number of benzene rings is 2. The fraction of sp³-hybridized carbons (Fsp3) is 0.360. The van der Waals surface area contributed by atoms with E-state index >= 15 is 0 Å². The number of ether oxygens (including phenoxy) is 1. The van der Waals surface area contributed by atoms with Crippen molar-refractivity contribution in [1.29, 1.82) is 0 Å². The molecule has 2 bridgehead atoms. The molecule has 2 saturated heterocycles. The summed E-state index contributed by atoms with van der Waals surface area (Å²) in [5.74, 6) is 0.700. The van der Waals surface area contributed by atoms with Crippen LogP contribution in [0.25, 0.3) is 11.3 Å². The maximum Gasteiger partial charge on any atom is 0.410 e. The molecule has 2 atom stereocenters. The summed E-state index contributed by atoms with van der Waals surface area (Å²) in [7, 11) is 0. The molecule has 5 rings (SSSR count). The number of aliphatic hydroxyl groups is 1. The first-order chi connectivity index (χ1) is 15.1. The van der Waals surface area contributed by atoms with Crippen LogP contribution in [0.4, 0.5) is 4.79 Å². The van der Waals surface area contributed by atoms with E-state index in [0.717, 1.165) is 36.0 Å². The summed E-state index contributed by atoms with van der Waals surface area (Å²) in [5.41, 5.74) is 1.82. The van der Waals surface area contributed by atoms with Gasteiger partial charge in [-0.1, -0.05) is 59.8 Å². The molecular formula is C25H26N2O4. The Labute approximate surface area is 181 Å². The van der Waals surface area contributed by atoms with Gasteiger partial charge in [0.05, 0.1) is 11.8 Å². The van der Waals surface area contributed by atoms with Gasteiger partial charge in [0.15, 0.2) is 5.76 Å². The SMILES string of the molecule is O=C(OCc1ccccc1)N1C2CCCC1CC(O)(c1ccc(-c3ccno3)cc1)C2. The average molecular weight is 418 g/mol. The number of nitrogens with zero attached hydrogens (tertiary/aromatic N) is 2. The Morgan fingerprint density at radius 3 is 2.42 bits per heavy atom. The van der Waals surface area contributed by atoms with Crippen LogP contribution in [0.15, 0.2) is 71.4 Å². The van der Waals surface area contributed by atoms with E-state index in [1.54, 1.807) is 6.20 Å². The van der Waals surface area contributed by atoms with Gasteiger partial charge in [-0.2, -0.15) is 0 Å². The van der Waals surface area contributed by atoms with Gasteiger partial charge < -0.3 is 19.3 Å². The zero-order valence-corrected chi connectivity index (χ0v) is 17.3. The van der Waals surface area contributed by atoms with Crippen LogP contribution in [0.5, 0.6) is 0 Å². The Morgan fingerprint density at radius 2 is 1.77 bits per heavy atom. The highest BCUT2D eigenvalue weighted by Gasteiger charge is 2.48. The molecular weight excluding hydrogens is 392 g/mol. The first kappa shape index (κ1) is 19.8. The highest BCUT2D eigenvalue weighted by molar-refractivity contribution is 5.69. The van der Waals surface area contributed by atoms with Crippen LogP contribution < -0.4 is 0 Å². The van der Waals surface area contributed by atoms with E-state index in [-0.39, 0.29) is 24.8 Å². The molecule has 2 aliphatic rings. The monoisotopic (exact) mass is 418 g/mol. The van der Waals surface area contributed by atoms with Crippen molar-refractivity contribution in [2.45, 2.75) is 56.4 Å². The summed E-state index contributed by atoms with van der Waals surface area (Å²) in [6, 6.07) is 19.3. The van der Waals surface area contributed by atoms with Crippen LogP contribution in [0.1, 0.15) is 43.2 Å². The Balaban J connectivity index is 1.30. The van der Waals surface area contributed by atoms with Gasteiger partial charge >= 0.3 is 6.09 Å². The molecule has 31 heavy (non-hydrogen) atoms. The topological polar surface area (TPSA) is 75.8 Å². The summed E-state index contributed by atoms with van der Waals surface area (Å²) in [6.45, 7) is 0.267. The zero-order valence-electron chi connectivity index (χ0n) is 17.3. The molecule has 160 valence electrons. The van der Waals surface area contributed by atoms with Crippen LogP contribution in [-0.2, 0) is 16.9 Å². The minimum absolute atomic E-state index is 0.0188. The van der Waals surface area contributed by atoms with Gasteiger partial charge in [0, 0.05) is 36.6 Å². The van der Waals surface area contributed by atoms with Crippen molar-refractivity contribution < 1.29 is 19.2 Å². The lowest BCUT2D eigenvalue weighted by atomic mass is 9.72. The summed E-state index contributed by atoms with van der Waals surface area (Å²) in [4.78, 5) is 14.8. The Hall–Kier alpha value is -3.12. The highest BCUT2D eigenvalue weighted by Crippen LogP contribution is 2.44. The third kappa shape index (κ3) is 3.95. The quantitative estimate of drug-likeness (QED) is 0.653. The van der Waals surface area contributed by atoms with Gasteiger partial charge in [0.1, 0.15) is 6.61 Å². The molecule has 2 fully saturated rings. The summed E-state index contributed by atoms with van der Waals surface area (Å²) >= 11 is 0. The summed E-state index contributed by atoms with van der Waals surface area (Å²) in [5, 5.41) is 15.3. The lowest BCUT2D eigenvalue weighted by molar-refractivity contribution is -0.0896. The van der Waals surface area contributed by atoms with Gasteiger partial charge in [0.2, 0.25) is 0 Å². The van der Waals surface area contributed by atoms with Crippen molar-refractivity contribution in [1.82, 2.24) is 10.1 Å². The van der Waals surface area contributed by atoms with Crippen LogP contribution in [-0.4, -0.2) is 33.3 Å². The largest absolute Gasteiger partial charge is 0.445 e. The van der Waals surface area contributed by atoms with E-state index in [1.165, 1.54) is 0 Å². The first-order valence-electron chi connectivity index (χ1n) is 10.9. The van der Waals surface area contributed by atoms with Crippen molar-refractivity contribution in [3.8, 4) is 11.3 Å². The van der Waals surface area contributed by atoms with Crippen LogP contribution in [0.2, 0.25) is 0 Å². The second-order valence-corrected chi connectivity index (χ2v) is 8.58. The number of amides is 1. The average Bonchev–Trinajstić information content (AvgIpc) is 3.33. The molecule has 6 heteroatoms. The van der Waals surface area contributed by atoms with Crippen LogP contribution in [0.3, 0.4) is 0 Å². The molecule has 1 N–H and O–H groups in total. The maximum absolute atomic E-state index is 12.9. The molecule has 1 amide bonds. The number of hydrogen-bond acceptors (Lipinski definition) is 5. The number of aromatic nitrogens is 1. The van der Waals surface area contributed by atoms with E-state index in [0.29, 0.717) is 18.6 Å². The molecule has 0 saturated carbocycles. The van der Waals surface area contributed by atoms with Crippen molar-refractivity contribution in [2.75, 3.05) is 0 Å². The third-order valence-corrected chi connectivity index (χ3v) is 6.57. The summed E-state index contributed by atoms with van der Waals surface area (Å²) in [6.07, 6.45) is 5.21. The fourth-order valence-corrected chi connectivity index (χ4v) is 5.07. The summed E-state index contributed by atoms with van der Waals surface area (Å²) < 4.78 is 10.8. The lowest BCUT2D eigenvalue weighted by Gasteiger charge is -2.51. The van der Waals surface area contributed by atoms with E-state index in [2.05, 4.69) is 5.16 Å². The molecule has 0 spiro atoms. The molecule has 2 unspecified atom stereocenters. The second kappa shape index (κ2) is 8.19. The van der Waals surface area contributed by atoms with Gasteiger partial charge in [-0.3, -0.25) is 0 Å². The lowest BCUT2D eigenvalue weighted by Crippen LogP contribution is -2.58. The minimum atomic E-state index is -0.952. The maximum atomic E-state index is 12.9. The van der Waals surface area contributed by atoms with E-state index < -0.39 is 5.60 Å². The number of carbonyl (C=O) groups excluding carboxylic acids is 1. The molecule has 1 aromatic heterocycles. The third-order valence-electron chi connectivity index (χ3n) is 6.57. The second-order valence-electron chi connectivity index (χ2n) is 8.58. The number of rotatable bonds is 4. The van der Waals surface area contributed by atoms with E-state index in [1.807, 2.05) is 65.6 Å². The molecule has 0 aliphatic carbocycles. The van der Waals surface area contributed by atoms with Gasteiger partial charge in [-0.05, 0) is 30.4 Å². The first-order valence-corrected chi connectivity index (χ1v) is 10.9. The number of carbonyl (C=O) groups is 1. The van der Waals surface area contributed by atoms with Gasteiger partial charge in [-0.15, -0.1) is 0 Å². The molecule has 0 radical (unpaired) electrons. The normalized spacial score (nSPS) is 25.3.